The van der Waals surface area contributed by atoms with Gasteiger partial charge in [0.1, 0.15) is 16.5 Å². The van der Waals surface area contributed by atoms with Crippen LogP contribution in [0.5, 0.6) is 0 Å². The second-order valence-electron chi connectivity index (χ2n) is 8.60. The van der Waals surface area contributed by atoms with Crippen LogP contribution >= 0.6 is 11.3 Å². The molecule has 1 unspecified atom stereocenters. The largest absolute Gasteiger partial charge is 0.396 e. The molecule has 5 rings (SSSR count). The van der Waals surface area contributed by atoms with E-state index in [-0.39, 0.29) is 6.61 Å². The predicted octanol–water partition coefficient (Wildman–Crippen LogP) is 3.14. The van der Waals surface area contributed by atoms with E-state index in [0.29, 0.717) is 6.04 Å². The van der Waals surface area contributed by atoms with Crippen molar-refractivity contribution in [2.24, 2.45) is 0 Å². The van der Waals surface area contributed by atoms with Crippen molar-refractivity contribution in [1.82, 2.24) is 14.9 Å². The van der Waals surface area contributed by atoms with Crippen molar-refractivity contribution in [3.63, 3.8) is 0 Å². The highest BCUT2D eigenvalue weighted by Crippen LogP contribution is 2.41. The van der Waals surface area contributed by atoms with Gasteiger partial charge in [-0.2, -0.15) is 0 Å². The number of aryl methyl sites for hydroxylation is 2. The van der Waals surface area contributed by atoms with Crippen LogP contribution in [0.2, 0.25) is 0 Å². The molecule has 0 bridgehead atoms. The molecular weight excluding hydrogens is 384 g/mol. The molecule has 7 heteroatoms. The van der Waals surface area contributed by atoms with E-state index in [2.05, 4.69) is 9.80 Å². The zero-order chi connectivity index (χ0) is 19.6. The van der Waals surface area contributed by atoms with Crippen LogP contribution < -0.4 is 4.90 Å². The van der Waals surface area contributed by atoms with Crippen molar-refractivity contribution in [2.45, 2.75) is 64.0 Å². The van der Waals surface area contributed by atoms with Crippen LogP contribution in [0.15, 0.2) is 0 Å². The predicted molar refractivity (Wildman–Crippen MR) is 117 cm³/mol. The summed E-state index contributed by atoms with van der Waals surface area (Å²) in [6.45, 7) is 5.59. The number of anilines is 1. The van der Waals surface area contributed by atoms with E-state index in [1.54, 1.807) is 0 Å². The number of hydrogen-bond acceptors (Lipinski definition) is 7. The molecule has 1 atom stereocenters. The van der Waals surface area contributed by atoms with Crippen LogP contribution in [0.25, 0.3) is 10.2 Å². The molecule has 1 aliphatic carbocycles. The van der Waals surface area contributed by atoms with E-state index >= 15 is 0 Å². The van der Waals surface area contributed by atoms with E-state index in [1.807, 2.05) is 11.3 Å². The fourth-order valence-corrected chi connectivity index (χ4v) is 6.42. The Morgan fingerprint density at radius 3 is 2.76 bits per heavy atom. The minimum atomic E-state index is 0.248. The quantitative estimate of drug-likeness (QED) is 0.808. The number of aromatic nitrogens is 2. The molecule has 2 aromatic rings. The number of nitrogens with zero attached hydrogens (tertiary/aromatic N) is 4. The van der Waals surface area contributed by atoms with Gasteiger partial charge < -0.3 is 14.7 Å². The number of fused-ring (bicyclic) bond motifs is 3. The molecule has 4 heterocycles. The van der Waals surface area contributed by atoms with Gasteiger partial charge in [0, 0.05) is 37.2 Å². The third kappa shape index (κ3) is 4.02. The Bertz CT molecular complexity index is 847. The second-order valence-corrected chi connectivity index (χ2v) is 9.68. The first-order valence-corrected chi connectivity index (χ1v) is 12.1. The Morgan fingerprint density at radius 2 is 1.90 bits per heavy atom. The van der Waals surface area contributed by atoms with E-state index < -0.39 is 0 Å². The summed E-state index contributed by atoms with van der Waals surface area (Å²) in [5.41, 5.74) is 1.51. The molecule has 0 saturated carbocycles. The van der Waals surface area contributed by atoms with Gasteiger partial charge in [0.2, 0.25) is 0 Å². The van der Waals surface area contributed by atoms with Crippen molar-refractivity contribution >= 4 is 27.4 Å². The van der Waals surface area contributed by atoms with Crippen LogP contribution in [0.3, 0.4) is 0 Å². The van der Waals surface area contributed by atoms with Crippen LogP contribution in [0.4, 0.5) is 5.82 Å². The monoisotopic (exact) mass is 416 g/mol. The first-order valence-electron chi connectivity index (χ1n) is 11.3. The average Bonchev–Trinajstić information content (AvgIpc) is 3.13. The summed E-state index contributed by atoms with van der Waals surface area (Å²) >= 11 is 1.90. The standard InChI is InChI=1S/C22H32N4O2S/c27-12-8-16-5-3-4-9-26(16)21-20-17-6-1-2-7-18(17)29-22(20)24-19(23-21)15-25-10-13-28-14-11-25/h16,27H,1-15H2. The number of piperidine rings is 1. The summed E-state index contributed by atoms with van der Waals surface area (Å²) < 4.78 is 5.51. The normalized spacial score (nSPS) is 23.5. The lowest BCUT2D eigenvalue weighted by Gasteiger charge is -2.37. The Morgan fingerprint density at radius 1 is 1.03 bits per heavy atom. The maximum absolute atomic E-state index is 9.64. The summed E-state index contributed by atoms with van der Waals surface area (Å²) in [6.07, 6.45) is 9.35. The van der Waals surface area contributed by atoms with Gasteiger partial charge in [0.15, 0.2) is 0 Å². The fourth-order valence-electron chi connectivity index (χ4n) is 5.15. The molecule has 0 spiro atoms. The lowest BCUT2D eigenvalue weighted by Crippen LogP contribution is -2.41. The van der Waals surface area contributed by atoms with E-state index in [0.717, 1.165) is 70.3 Å². The van der Waals surface area contributed by atoms with Crippen molar-refractivity contribution < 1.29 is 9.84 Å². The first kappa shape index (κ1) is 19.7. The molecule has 2 aliphatic heterocycles. The van der Waals surface area contributed by atoms with Gasteiger partial charge in [-0.05, 0) is 56.9 Å². The maximum atomic E-state index is 9.64. The zero-order valence-corrected chi connectivity index (χ0v) is 18.1. The second kappa shape index (κ2) is 8.84. The summed E-state index contributed by atoms with van der Waals surface area (Å²) in [4.78, 5) is 17.9. The molecule has 0 aromatic carbocycles. The molecule has 0 amide bonds. The van der Waals surface area contributed by atoms with Gasteiger partial charge in [0.25, 0.3) is 0 Å². The molecule has 2 saturated heterocycles. The molecule has 0 radical (unpaired) electrons. The Kier molecular flexibility index (Phi) is 5.99. The fraction of sp³-hybridized carbons (Fsp3) is 0.727. The van der Waals surface area contributed by atoms with Crippen LogP contribution in [-0.2, 0) is 24.1 Å². The lowest BCUT2D eigenvalue weighted by molar-refractivity contribution is 0.0331. The summed E-state index contributed by atoms with van der Waals surface area (Å²) in [7, 11) is 0. The highest BCUT2D eigenvalue weighted by molar-refractivity contribution is 7.19. The van der Waals surface area contributed by atoms with E-state index in [1.165, 1.54) is 52.8 Å². The first-order chi connectivity index (χ1) is 14.3. The molecular formula is C22H32N4O2S. The minimum absolute atomic E-state index is 0.248. The maximum Gasteiger partial charge on any atom is 0.146 e. The van der Waals surface area contributed by atoms with Crippen molar-refractivity contribution in [3.05, 3.63) is 16.3 Å². The number of ether oxygens (including phenoxy) is 1. The number of hydrogen-bond donors (Lipinski definition) is 1. The van der Waals surface area contributed by atoms with Gasteiger partial charge in [-0.25, -0.2) is 9.97 Å². The van der Waals surface area contributed by atoms with Crippen molar-refractivity contribution in [3.8, 4) is 0 Å². The third-order valence-corrected chi connectivity index (χ3v) is 7.86. The van der Waals surface area contributed by atoms with Crippen molar-refractivity contribution in [1.29, 1.82) is 0 Å². The zero-order valence-electron chi connectivity index (χ0n) is 17.2. The highest BCUT2D eigenvalue weighted by atomic mass is 32.1. The van der Waals surface area contributed by atoms with Crippen LogP contribution in [0, 0.1) is 0 Å². The van der Waals surface area contributed by atoms with Gasteiger partial charge >= 0.3 is 0 Å². The molecule has 6 nitrogen and oxygen atoms in total. The average molecular weight is 417 g/mol. The van der Waals surface area contributed by atoms with Crippen LogP contribution in [0.1, 0.15) is 54.8 Å². The molecule has 2 aromatic heterocycles. The number of morpholine rings is 1. The smallest absolute Gasteiger partial charge is 0.146 e. The summed E-state index contributed by atoms with van der Waals surface area (Å²) in [5, 5.41) is 11.0. The summed E-state index contributed by atoms with van der Waals surface area (Å²) in [5.74, 6) is 2.09. The minimum Gasteiger partial charge on any atom is -0.396 e. The molecule has 158 valence electrons. The highest BCUT2D eigenvalue weighted by Gasteiger charge is 2.29. The van der Waals surface area contributed by atoms with Gasteiger partial charge in [0.05, 0.1) is 25.1 Å². The van der Waals surface area contributed by atoms with E-state index in [4.69, 9.17) is 14.7 Å². The van der Waals surface area contributed by atoms with E-state index in [9.17, 15) is 5.11 Å². The SMILES string of the molecule is OCCC1CCCCN1c1nc(CN2CCOCC2)nc2sc3c(c12)CCCC3. The number of aliphatic hydroxyl groups excluding tert-OH is 1. The lowest BCUT2D eigenvalue weighted by atomic mass is 9.95. The molecule has 3 aliphatic rings. The Hall–Kier alpha value is -1.28. The molecule has 29 heavy (non-hydrogen) atoms. The topological polar surface area (TPSA) is 61.7 Å². The number of rotatable bonds is 5. The van der Waals surface area contributed by atoms with Gasteiger partial charge in [-0.15, -0.1) is 11.3 Å². The van der Waals surface area contributed by atoms with Gasteiger partial charge in [-0.1, -0.05) is 0 Å². The van der Waals surface area contributed by atoms with Crippen LogP contribution in [-0.4, -0.2) is 65.5 Å². The Balaban J connectivity index is 1.57. The third-order valence-electron chi connectivity index (χ3n) is 6.67. The Labute approximate surface area is 176 Å². The molecule has 2 fully saturated rings. The molecule has 1 N–H and O–H groups in total. The number of thiophene rings is 1. The van der Waals surface area contributed by atoms with Crippen molar-refractivity contribution in [2.75, 3.05) is 44.4 Å². The number of aliphatic hydroxyl groups is 1. The summed E-state index contributed by atoms with van der Waals surface area (Å²) in [6, 6.07) is 0.391. The van der Waals surface area contributed by atoms with Gasteiger partial charge in [-0.3, -0.25) is 4.90 Å².